The zero-order valence-corrected chi connectivity index (χ0v) is 20.4. The van der Waals surface area contributed by atoms with Gasteiger partial charge < -0.3 is 16.2 Å². The van der Waals surface area contributed by atoms with Gasteiger partial charge in [0.05, 0.1) is 23.0 Å². The van der Waals surface area contributed by atoms with E-state index in [1.54, 1.807) is 6.20 Å². The molecule has 9 heteroatoms. The molecule has 0 unspecified atom stereocenters. The molecular formula is C27H29F3N4O2. The third kappa shape index (κ3) is 5.42. The van der Waals surface area contributed by atoms with Crippen LogP contribution in [0.3, 0.4) is 0 Å². The van der Waals surface area contributed by atoms with E-state index in [4.69, 9.17) is 5.73 Å². The zero-order chi connectivity index (χ0) is 26.2. The average molecular weight is 499 g/mol. The molecule has 3 aromatic rings. The number of anilines is 1. The summed E-state index contributed by atoms with van der Waals surface area (Å²) in [6.45, 7) is 4.89. The van der Waals surface area contributed by atoms with Gasteiger partial charge in [0.1, 0.15) is 28.8 Å². The Morgan fingerprint density at radius 1 is 1.08 bits per heavy atom. The fraction of sp³-hybridized carbons (Fsp3) is 0.370. The Morgan fingerprint density at radius 3 is 2.42 bits per heavy atom. The maximum Gasteiger partial charge on any atom is 0.274 e. The normalized spacial score (nSPS) is 20.3. The number of amides is 1. The maximum atomic E-state index is 14.8. The fourth-order valence-corrected chi connectivity index (χ4v) is 4.86. The highest BCUT2D eigenvalue weighted by atomic mass is 19.1. The van der Waals surface area contributed by atoms with Crippen molar-refractivity contribution >= 4 is 11.6 Å². The van der Waals surface area contributed by atoms with Gasteiger partial charge in [0, 0.05) is 12.2 Å². The molecule has 2 aromatic heterocycles. The first kappa shape index (κ1) is 25.8. The lowest BCUT2D eigenvalue weighted by atomic mass is 9.76. The number of nitrogens with two attached hydrogens (primary N) is 1. The van der Waals surface area contributed by atoms with Crippen LogP contribution in [0.1, 0.15) is 67.6 Å². The smallest absolute Gasteiger partial charge is 0.274 e. The number of benzene rings is 1. The van der Waals surface area contributed by atoms with Gasteiger partial charge in [0.25, 0.3) is 5.91 Å². The van der Waals surface area contributed by atoms with Crippen LogP contribution in [0.25, 0.3) is 11.3 Å². The Kier molecular flexibility index (Phi) is 7.15. The van der Waals surface area contributed by atoms with E-state index >= 15 is 0 Å². The number of aliphatic hydroxyl groups is 1. The molecule has 1 amide bonds. The minimum Gasteiger partial charge on any atom is -0.386 e. The number of hydrogen-bond donors (Lipinski definition) is 3. The van der Waals surface area contributed by atoms with Gasteiger partial charge in [-0.15, -0.1) is 0 Å². The zero-order valence-electron chi connectivity index (χ0n) is 20.4. The standard InChI is InChI=1S/C27H29F3N4O2/c1-14-8-15(10-17(31)9-14)18-6-7-32-13-23(18)34-26(35)22-5-4-19(28)25(33-22)24-20(29)11-16(12-21(24)30)27(2,3)36/h4-7,11-15,17,36H,8-10,31H2,1-3H3,(H,34,35)/t14-,15+,17+/m0/s1. The second-order valence-electron chi connectivity index (χ2n) is 10.1. The summed E-state index contributed by atoms with van der Waals surface area (Å²) >= 11 is 0. The molecule has 0 aliphatic heterocycles. The topological polar surface area (TPSA) is 101 Å². The van der Waals surface area contributed by atoms with Crippen molar-refractivity contribution in [3.8, 4) is 11.3 Å². The van der Waals surface area contributed by atoms with E-state index in [-0.39, 0.29) is 23.2 Å². The number of pyridine rings is 2. The van der Waals surface area contributed by atoms with Crippen molar-refractivity contribution in [1.29, 1.82) is 0 Å². The van der Waals surface area contributed by atoms with Gasteiger partial charge in [-0.2, -0.15) is 0 Å². The Balaban J connectivity index is 1.65. The van der Waals surface area contributed by atoms with Crippen LogP contribution in [0.15, 0.2) is 42.7 Å². The van der Waals surface area contributed by atoms with E-state index in [9.17, 15) is 23.1 Å². The van der Waals surface area contributed by atoms with Crippen LogP contribution in [0.2, 0.25) is 0 Å². The van der Waals surface area contributed by atoms with E-state index in [2.05, 4.69) is 22.2 Å². The number of nitrogens with one attached hydrogen (secondary N) is 1. The highest BCUT2D eigenvalue weighted by Crippen LogP contribution is 2.38. The lowest BCUT2D eigenvalue weighted by Crippen LogP contribution is -2.31. The van der Waals surface area contributed by atoms with Crippen molar-refractivity contribution in [2.45, 2.75) is 57.6 Å². The molecule has 2 heterocycles. The number of halogens is 3. The van der Waals surface area contributed by atoms with E-state index in [1.807, 2.05) is 6.07 Å². The van der Waals surface area contributed by atoms with Crippen LogP contribution in [0.5, 0.6) is 0 Å². The summed E-state index contributed by atoms with van der Waals surface area (Å²) in [5.74, 6) is -3.30. The molecule has 4 rings (SSSR count). The van der Waals surface area contributed by atoms with Crippen molar-refractivity contribution in [2.24, 2.45) is 11.7 Å². The second-order valence-corrected chi connectivity index (χ2v) is 10.1. The highest BCUT2D eigenvalue weighted by Gasteiger charge is 2.28. The van der Waals surface area contributed by atoms with Crippen molar-refractivity contribution in [2.75, 3.05) is 5.32 Å². The summed E-state index contributed by atoms with van der Waals surface area (Å²) in [5.41, 5.74) is 4.48. The molecule has 0 spiro atoms. The first-order chi connectivity index (χ1) is 16.9. The second kappa shape index (κ2) is 9.99. The summed E-state index contributed by atoms with van der Waals surface area (Å²) in [5, 5.41) is 12.8. The summed E-state index contributed by atoms with van der Waals surface area (Å²) in [4.78, 5) is 21.1. The molecular weight excluding hydrogens is 469 g/mol. The summed E-state index contributed by atoms with van der Waals surface area (Å²) < 4.78 is 44.3. The highest BCUT2D eigenvalue weighted by molar-refractivity contribution is 6.03. The molecule has 1 aliphatic rings. The SMILES string of the molecule is C[C@@H]1C[C@@H](N)C[C@H](c2ccncc2NC(=O)c2ccc(F)c(-c3c(F)cc(C(C)(C)O)cc3F)n2)C1. The molecule has 0 radical (unpaired) electrons. The molecule has 1 aliphatic carbocycles. The first-order valence-electron chi connectivity index (χ1n) is 11.8. The Hall–Kier alpha value is -3.30. The average Bonchev–Trinajstić information content (AvgIpc) is 2.78. The molecule has 1 saturated carbocycles. The van der Waals surface area contributed by atoms with Gasteiger partial charge in [-0.25, -0.2) is 18.2 Å². The number of carbonyl (C=O) groups excluding carboxylic acids is 1. The van der Waals surface area contributed by atoms with Crippen LogP contribution in [-0.2, 0) is 5.60 Å². The van der Waals surface area contributed by atoms with Crippen molar-refractivity contribution in [3.05, 3.63) is 77.0 Å². The molecule has 0 saturated heterocycles. The van der Waals surface area contributed by atoms with E-state index in [1.165, 1.54) is 20.0 Å². The van der Waals surface area contributed by atoms with Gasteiger partial charge >= 0.3 is 0 Å². The van der Waals surface area contributed by atoms with Crippen LogP contribution < -0.4 is 11.1 Å². The molecule has 0 bridgehead atoms. The maximum absolute atomic E-state index is 14.8. The molecule has 4 N–H and O–H groups in total. The fourth-order valence-electron chi connectivity index (χ4n) is 4.86. The molecule has 190 valence electrons. The van der Waals surface area contributed by atoms with Crippen molar-refractivity contribution in [3.63, 3.8) is 0 Å². The lowest BCUT2D eigenvalue weighted by Gasteiger charge is -2.32. The molecule has 3 atom stereocenters. The third-order valence-electron chi connectivity index (χ3n) is 6.59. The molecule has 36 heavy (non-hydrogen) atoms. The minimum absolute atomic E-state index is 0.0172. The number of hydrogen-bond acceptors (Lipinski definition) is 5. The molecule has 1 aromatic carbocycles. The molecule has 1 fully saturated rings. The van der Waals surface area contributed by atoms with E-state index in [0.29, 0.717) is 11.6 Å². The number of carbonyl (C=O) groups is 1. The number of aromatic nitrogens is 2. The monoisotopic (exact) mass is 498 g/mol. The third-order valence-corrected chi connectivity index (χ3v) is 6.59. The Labute approximate surface area is 207 Å². The van der Waals surface area contributed by atoms with Crippen LogP contribution >= 0.6 is 0 Å². The van der Waals surface area contributed by atoms with Crippen LogP contribution in [-0.4, -0.2) is 27.0 Å². The van der Waals surface area contributed by atoms with Crippen molar-refractivity contribution < 1.29 is 23.1 Å². The van der Waals surface area contributed by atoms with Crippen LogP contribution in [0, 0.1) is 23.4 Å². The quantitative estimate of drug-likeness (QED) is 0.445. The summed E-state index contributed by atoms with van der Waals surface area (Å²) in [6.07, 6.45) is 5.80. The van der Waals surface area contributed by atoms with E-state index in [0.717, 1.165) is 49.1 Å². The first-order valence-corrected chi connectivity index (χ1v) is 11.8. The van der Waals surface area contributed by atoms with Gasteiger partial charge in [-0.1, -0.05) is 6.92 Å². The minimum atomic E-state index is -1.50. The lowest BCUT2D eigenvalue weighted by molar-refractivity contribution is 0.0778. The predicted molar refractivity (Wildman–Crippen MR) is 131 cm³/mol. The summed E-state index contributed by atoms with van der Waals surface area (Å²) in [7, 11) is 0. The predicted octanol–water partition coefficient (Wildman–Crippen LogP) is 5.27. The van der Waals surface area contributed by atoms with Gasteiger partial charge in [-0.05, 0) is 86.4 Å². The summed E-state index contributed by atoms with van der Waals surface area (Å²) in [6, 6.07) is 5.82. The van der Waals surface area contributed by atoms with Crippen LogP contribution in [0.4, 0.5) is 18.9 Å². The van der Waals surface area contributed by atoms with Gasteiger partial charge in [0.2, 0.25) is 0 Å². The van der Waals surface area contributed by atoms with Gasteiger partial charge in [0.15, 0.2) is 0 Å². The molecule has 6 nitrogen and oxygen atoms in total. The largest absolute Gasteiger partial charge is 0.386 e. The van der Waals surface area contributed by atoms with E-state index < -0.39 is 40.2 Å². The van der Waals surface area contributed by atoms with Gasteiger partial charge in [-0.3, -0.25) is 9.78 Å². The Bertz CT molecular complexity index is 1260. The number of nitrogens with zero attached hydrogens (tertiary/aromatic N) is 2. The number of rotatable bonds is 5. The van der Waals surface area contributed by atoms with Crippen molar-refractivity contribution in [1.82, 2.24) is 9.97 Å². The Morgan fingerprint density at radius 2 is 1.78 bits per heavy atom.